The van der Waals surface area contributed by atoms with Crippen LogP contribution in [0.3, 0.4) is 0 Å². The van der Waals surface area contributed by atoms with Gasteiger partial charge in [0.2, 0.25) is 0 Å². The van der Waals surface area contributed by atoms with Crippen LogP contribution in [0.4, 0.5) is 0 Å². The zero-order valence-corrected chi connectivity index (χ0v) is 12.7. The summed E-state index contributed by atoms with van der Waals surface area (Å²) >= 11 is 6.82. The Hall–Kier alpha value is -0.390. The number of carbonyl (C=O) groups is 1. The first-order valence-corrected chi connectivity index (χ1v) is 7.03. The van der Waals surface area contributed by atoms with E-state index >= 15 is 0 Å². The molecule has 1 rings (SSSR count). The Kier molecular flexibility index (Phi) is 6.16. The quantitative estimate of drug-likeness (QED) is 0.811. The molecule has 0 radical (unpaired) electrons. The van der Waals surface area contributed by atoms with Gasteiger partial charge in [0.25, 0.3) is 0 Å². The van der Waals surface area contributed by atoms with Crippen LogP contribution >= 0.6 is 31.9 Å². The molecule has 0 saturated carbocycles. The average Bonchev–Trinajstić information content (AvgIpc) is 2.28. The van der Waals surface area contributed by atoms with E-state index < -0.39 is 12.0 Å². The smallest absolute Gasteiger partial charge is 0.320 e. The monoisotopic (exact) mass is 363 g/mol. The van der Waals surface area contributed by atoms with Gasteiger partial charge in [0.05, 0.1) is 0 Å². The summed E-state index contributed by atoms with van der Waals surface area (Å²) in [5.41, 5.74) is 1.06. The van der Waals surface area contributed by atoms with Gasteiger partial charge in [-0.2, -0.15) is 0 Å². The van der Waals surface area contributed by atoms with Gasteiger partial charge in [-0.1, -0.05) is 19.4 Å². The molecular formula is C12H15Br2NO2. The van der Waals surface area contributed by atoms with E-state index in [0.717, 1.165) is 20.9 Å². The Morgan fingerprint density at radius 2 is 2.12 bits per heavy atom. The van der Waals surface area contributed by atoms with Crippen LogP contribution in [0.15, 0.2) is 27.1 Å². The molecule has 94 valence electrons. The molecule has 1 aromatic rings. The second-order valence-corrected chi connectivity index (χ2v) is 5.52. The van der Waals surface area contributed by atoms with Crippen molar-refractivity contribution in [3.8, 4) is 0 Å². The average molecular weight is 365 g/mol. The van der Waals surface area contributed by atoms with E-state index in [9.17, 15) is 4.79 Å². The highest BCUT2D eigenvalue weighted by molar-refractivity contribution is 9.13. The molecule has 0 aromatic heterocycles. The summed E-state index contributed by atoms with van der Waals surface area (Å²) in [6.07, 6.45) is 1.50. The lowest BCUT2D eigenvalue weighted by Gasteiger charge is -2.13. The first kappa shape index (κ1) is 14.7. The normalized spacial score (nSPS) is 12.4. The minimum atomic E-state index is -0.789. The van der Waals surface area contributed by atoms with Gasteiger partial charge in [-0.25, -0.2) is 0 Å². The van der Waals surface area contributed by atoms with Crippen LogP contribution in [0.5, 0.6) is 0 Å². The second-order valence-electron chi connectivity index (χ2n) is 3.81. The largest absolute Gasteiger partial charge is 0.480 e. The highest BCUT2D eigenvalue weighted by Gasteiger charge is 2.15. The van der Waals surface area contributed by atoms with Crippen molar-refractivity contribution in [2.75, 3.05) is 0 Å². The highest BCUT2D eigenvalue weighted by Crippen LogP contribution is 2.23. The molecule has 0 heterocycles. The standard InChI is InChI=1S/C12H15Br2NO2/c1-2-3-11(12(16)17)15-7-8-4-5-9(13)10(14)6-8/h4-6,11,15H,2-3,7H2,1H3,(H,16,17). The van der Waals surface area contributed by atoms with E-state index in [1.54, 1.807) is 0 Å². The maximum absolute atomic E-state index is 11.0. The van der Waals surface area contributed by atoms with Crippen LogP contribution in [0.1, 0.15) is 25.3 Å². The Balaban J connectivity index is 2.59. The summed E-state index contributed by atoms with van der Waals surface area (Å²) in [4.78, 5) is 11.0. The first-order valence-electron chi connectivity index (χ1n) is 5.44. The number of carboxylic acids is 1. The predicted molar refractivity (Wildman–Crippen MR) is 75.0 cm³/mol. The number of hydrogen-bond donors (Lipinski definition) is 2. The molecule has 0 aliphatic heterocycles. The van der Waals surface area contributed by atoms with Gasteiger partial charge in [-0.3, -0.25) is 4.79 Å². The van der Waals surface area contributed by atoms with Gasteiger partial charge in [0.15, 0.2) is 0 Å². The Morgan fingerprint density at radius 3 is 2.65 bits per heavy atom. The third-order valence-electron chi connectivity index (χ3n) is 2.41. The number of hydrogen-bond acceptors (Lipinski definition) is 2. The molecule has 0 amide bonds. The molecule has 1 atom stereocenters. The van der Waals surface area contributed by atoms with Crippen molar-refractivity contribution in [3.63, 3.8) is 0 Å². The van der Waals surface area contributed by atoms with Crippen LogP contribution in [0.25, 0.3) is 0 Å². The molecule has 0 aliphatic carbocycles. The summed E-state index contributed by atoms with van der Waals surface area (Å²) in [5, 5.41) is 12.0. The van der Waals surface area contributed by atoms with Gasteiger partial charge in [-0.05, 0) is 56.0 Å². The Bertz CT molecular complexity index is 396. The fourth-order valence-corrected chi connectivity index (χ4v) is 2.16. The number of halogens is 2. The maximum atomic E-state index is 11.0. The second kappa shape index (κ2) is 7.13. The number of carboxylic acid groups (broad SMARTS) is 1. The molecule has 0 spiro atoms. The van der Waals surface area contributed by atoms with E-state index in [1.165, 1.54) is 0 Å². The molecule has 3 nitrogen and oxygen atoms in total. The Labute approximate surface area is 118 Å². The van der Waals surface area contributed by atoms with Crippen LogP contribution in [-0.2, 0) is 11.3 Å². The summed E-state index contributed by atoms with van der Waals surface area (Å²) < 4.78 is 1.96. The van der Waals surface area contributed by atoms with Crippen LogP contribution in [-0.4, -0.2) is 17.1 Å². The van der Waals surface area contributed by atoms with E-state index in [1.807, 2.05) is 25.1 Å². The van der Waals surface area contributed by atoms with Crippen molar-refractivity contribution >= 4 is 37.8 Å². The minimum Gasteiger partial charge on any atom is -0.480 e. The summed E-state index contributed by atoms with van der Waals surface area (Å²) in [6.45, 7) is 2.54. The van der Waals surface area contributed by atoms with Crippen LogP contribution in [0, 0.1) is 0 Å². The van der Waals surface area contributed by atoms with Crippen molar-refractivity contribution in [1.29, 1.82) is 0 Å². The van der Waals surface area contributed by atoms with Gasteiger partial charge < -0.3 is 10.4 Å². The number of aliphatic carboxylic acids is 1. The fraction of sp³-hybridized carbons (Fsp3) is 0.417. The molecular weight excluding hydrogens is 350 g/mol. The van der Waals surface area contributed by atoms with E-state index in [-0.39, 0.29) is 0 Å². The maximum Gasteiger partial charge on any atom is 0.320 e. The molecule has 0 aliphatic rings. The van der Waals surface area contributed by atoms with Crippen LogP contribution < -0.4 is 5.32 Å². The number of benzene rings is 1. The van der Waals surface area contributed by atoms with Gasteiger partial charge in [-0.15, -0.1) is 0 Å². The molecule has 0 saturated heterocycles. The molecule has 1 aromatic carbocycles. The van der Waals surface area contributed by atoms with Gasteiger partial charge in [0, 0.05) is 15.5 Å². The molecule has 17 heavy (non-hydrogen) atoms. The lowest BCUT2D eigenvalue weighted by molar-refractivity contribution is -0.139. The number of nitrogens with one attached hydrogen (secondary N) is 1. The van der Waals surface area contributed by atoms with Crippen molar-refractivity contribution in [2.24, 2.45) is 0 Å². The lowest BCUT2D eigenvalue weighted by atomic mass is 10.1. The zero-order valence-electron chi connectivity index (χ0n) is 9.54. The number of rotatable bonds is 6. The molecule has 0 bridgehead atoms. The lowest BCUT2D eigenvalue weighted by Crippen LogP contribution is -2.35. The highest BCUT2D eigenvalue weighted by atomic mass is 79.9. The van der Waals surface area contributed by atoms with Crippen molar-refractivity contribution < 1.29 is 9.90 Å². The topological polar surface area (TPSA) is 49.3 Å². The van der Waals surface area contributed by atoms with Crippen molar-refractivity contribution in [1.82, 2.24) is 5.32 Å². The summed E-state index contributed by atoms with van der Waals surface area (Å²) in [6, 6.07) is 5.41. The SMILES string of the molecule is CCCC(NCc1ccc(Br)c(Br)c1)C(=O)O. The summed E-state index contributed by atoms with van der Waals surface area (Å²) in [5.74, 6) is -0.789. The van der Waals surface area contributed by atoms with Crippen molar-refractivity contribution in [3.05, 3.63) is 32.7 Å². The molecule has 2 N–H and O–H groups in total. The first-order chi connectivity index (χ1) is 8.04. The zero-order chi connectivity index (χ0) is 12.8. The van der Waals surface area contributed by atoms with E-state index in [4.69, 9.17) is 5.11 Å². The summed E-state index contributed by atoms with van der Waals surface area (Å²) in [7, 11) is 0. The minimum absolute atomic E-state index is 0.470. The van der Waals surface area contributed by atoms with E-state index in [2.05, 4.69) is 37.2 Å². The van der Waals surface area contributed by atoms with Gasteiger partial charge in [0.1, 0.15) is 6.04 Å². The fourth-order valence-electron chi connectivity index (χ4n) is 1.49. The third kappa shape index (κ3) is 4.77. The molecule has 5 heteroatoms. The molecule has 1 unspecified atom stereocenters. The third-order valence-corrected chi connectivity index (χ3v) is 4.29. The van der Waals surface area contributed by atoms with Gasteiger partial charge >= 0.3 is 5.97 Å². The Morgan fingerprint density at radius 1 is 1.41 bits per heavy atom. The molecule has 0 fully saturated rings. The van der Waals surface area contributed by atoms with E-state index in [0.29, 0.717) is 13.0 Å². The van der Waals surface area contributed by atoms with Crippen molar-refractivity contribution in [2.45, 2.75) is 32.4 Å². The predicted octanol–water partition coefficient (Wildman–Crippen LogP) is 3.55. The van der Waals surface area contributed by atoms with Crippen LogP contribution in [0.2, 0.25) is 0 Å².